The van der Waals surface area contributed by atoms with Gasteiger partial charge in [0, 0.05) is 6.20 Å². The molecule has 1 N–H and O–H groups in total. The van der Waals surface area contributed by atoms with E-state index in [1.807, 2.05) is 30.3 Å². The molecule has 2 aromatic heterocycles. The van der Waals surface area contributed by atoms with Gasteiger partial charge in [0.25, 0.3) is 0 Å². The van der Waals surface area contributed by atoms with Crippen LogP contribution < -0.4 is 0 Å². The third-order valence-corrected chi connectivity index (χ3v) is 3.79. The number of benzene rings is 1. The highest BCUT2D eigenvalue weighted by Crippen LogP contribution is 2.24. The minimum Gasteiger partial charge on any atom is -0.453 e. The van der Waals surface area contributed by atoms with Gasteiger partial charge in [-0.25, -0.2) is 9.48 Å². The van der Waals surface area contributed by atoms with E-state index in [0.29, 0.717) is 11.4 Å². The van der Waals surface area contributed by atoms with Gasteiger partial charge in [0.05, 0.1) is 17.1 Å². The molecule has 0 aliphatic heterocycles. The van der Waals surface area contributed by atoms with Crippen molar-refractivity contribution in [3.8, 4) is 5.69 Å². The van der Waals surface area contributed by atoms with Crippen molar-refractivity contribution < 1.29 is 14.3 Å². The van der Waals surface area contributed by atoms with E-state index in [-0.39, 0.29) is 23.1 Å². The van der Waals surface area contributed by atoms with Crippen molar-refractivity contribution in [1.82, 2.24) is 14.8 Å². The molecule has 0 atom stereocenters. The number of para-hydroxylation sites is 1. The summed E-state index contributed by atoms with van der Waals surface area (Å²) in [6.45, 7) is 1.29. The first-order valence-electron chi connectivity index (χ1n) is 7.22. The number of hydrogen-bond donors (Lipinski definition) is 1. The van der Waals surface area contributed by atoms with Gasteiger partial charge >= 0.3 is 5.97 Å². The van der Waals surface area contributed by atoms with Crippen LogP contribution in [0.25, 0.3) is 5.69 Å². The molecule has 0 spiro atoms. The second kappa shape index (κ2) is 6.72. The number of nitrogens with zero attached hydrogens (tertiary/aromatic N) is 2. The fraction of sp³-hybridized carbons (Fsp3) is 0.118. The Morgan fingerprint density at radius 2 is 1.96 bits per heavy atom. The normalized spacial score (nSPS) is 10.6. The molecule has 24 heavy (non-hydrogen) atoms. The maximum atomic E-state index is 12.3. The molecule has 122 valence electrons. The van der Waals surface area contributed by atoms with Gasteiger partial charge in [-0.05, 0) is 31.2 Å². The lowest BCUT2D eigenvalue weighted by molar-refractivity contribution is 0.0473. The smallest absolute Gasteiger partial charge is 0.343 e. The molecule has 0 aliphatic rings. The zero-order valence-electron chi connectivity index (χ0n) is 12.8. The first kappa shape index (κ1) is 16.0. The number of aromatic nitrogens is 3. The molecule has 0 fully saturated rings. The molecule has 0 saturated carbocycles. The summed E-state index contributed by atoms with van der Waals surface area (Å²) in [4.78, 5) is 26.9. The lowest BCUT2D eigenvalue weighted by Gasteiger charge is -2.04. The number of H-pyrrole nitrogens is 1. The van der Waals surface area contributed by atoms with Crippen LogP contribution in [0.5, 0.6) is 0 Å². The minimum atomic E-state index is -0.681. The van der Waals surface area contributed by atoms with Crippen LogP contribution in [0.1, 0.15) is 26.5 Å². The molecule has 0 saturated heterocycles. The van der Waals surface area contributed by atoms with Crippen LogP contribution in [0.3, 0.4) is 0 Å². The Hall–Kier alpha value is -2.86. The molecule has 6 nitrogen and oxygen atoms in total. The van der Waals surface area contributed by atoms with Gasteiger partial charge in [0.2, 0.25) is 5.78 Å². The van der Waals surface area contributed by atoms with Crippen LogP contribution in [0.2, 0.25) is 5.15 Å². The topological polar surface area (TPSA) is 77.0 Å². The molecule has 0 aliphatic carbocycles. The summed E-state index contributed by atoms with van der Waals surface area (Å²) in [5, 5.41) is 4.42. The molecule has 1 aromatic carbocycles. The van der Waals surface area contributed by atoms with Crippen LogP contribution in [-0.4, -0.2) is 33.1 Å². The van der Waals surface area contributed by atoms with E-state index in [1.165, 1.54) is 4.68 Å². The molecular weight excluding hydrogens is 330 g/mol. The van der Waals surface area contributed by atoms with Crippen molar-refractivity contribution in [3.63, 3.8) is 0 Å². The Kier molecular flexibility index (Phi) is 4.48. The van der Waals surface area contributed by atoms with Crippen molar-refractivity contribution in [2.75, 3.05) is 6.61 Å². The third-order valence-electron chi connectivity index (χ3n) is 3.44. The molecule has 3 rings (SSSR count). The number of aryl methyl sites for hydroxylation is 1. The maximum Gasteiger partial charge on any atom is 0.343 e. The molecule has 0 unspecified atom stereocenters. The van der Waals surface area contributed by atoms with E-state index in [2.05, 4.69) is 10.1 Å². The largest absolute Gasteiger partial charge is 0.453 e. The molecule has 0 bridgehead atoms. The lowest BCUT2D eigenvalue weighted by Crippen LogP contribution is -2.15. The number of ether oxygens (including phenoxy) is 1. The zero-order chi connectivity index (χ0) is 17.1. The van der Waals surface area contributed by atoms with E-state index in [9.17, 15) is 9.59 Å². The summed E-state index contributed by atoms with van der Waals surface area (Å²) in [6.07, 6.45) is 1.62. The summed E-state index contributed by atoms with van der Waals surface area (Å²) in [6, 6.07) is 12.5. The van der Waals surface area contributed by atoms with Gasteiger partial charge in [0.15, 0.2) is 6.61 Å². The Labute approximate surface area is 143 Å². The van der Waals surface area contributed by atoms with E-state index in [4.69, 9.17) is 16.3 Å². The first-order chi connectivity index (χ1) is 11.6. The second-order valence-corrected chi connectivity index (χ2v) is 5.44. The van der Waals surface area contributed by atoms with E-state index >= 15 is 0 Å². The standard InChI is InChI=1S/C17H14ClN3O3/c1-11-15(16(18)21(20-11)12-6-3-2-4-7-12)17(23)24-10-14(22)13-8-5-9-19-13/h2-9,19H,10H2,1H3. The molecule has 0 amide bonds. The number of nitrogens with one attached hydrogen (secondary N) is 1. The summed E-state index contributed by atoms with van der Waals surface area (Å²) in [5.74, 6) is -1.00. The fourth-order valence-corrected chi connectivity index (χ4v) is 2.61. The Morgan fingerprint density at radius 1 is 1.21 bits per heavy atom. The monoisotopic (exact) mass is 343 g/mol. The molecule has 3 aromatic rings. The molecule has 0 radical (unpaired) electrons. The van der Waals surface area contributed by atoms with Gasteiger partial charge in [-0.15, -0.1) is 0 Å². The maximum absolute atomic E-state index is 12.3. The van der Waals surface area contributed by atoms with Crippen LogP contribution >= 0.6 is 11.6 Å². The number of carbonyl (C=O) groups excluding carboxylic acids is 2. The highest BCUT2D eigenvalue weighted by Gasteiger charge is 2.23. The second-order valence-electron chi connectivity index (χ2n) is 5.08. The van der Waals surface area contributed by atoms with Crippen molar-refractivity contribution >= 4 is 23.4 Å². The van der Waals surface area contributed by atoms with E-state index in [0.717, 1.165) is 5.69 Å². The summed E-state index contributed by atoms with van der Waals surface area (Å²) in [7, 11) is 0. The number of carbonyl (C=O) groups is 2. The van der Waals surface area contributed by atoms with Gasteiger partial charge < -0.3 is 9.72 Å². The highest BCUT2D eigenvalue weighted by molar-refractivity contribution is 6.33. The quantitative estimate of drug-likeness (QED) is 0.570. The SMILES string of the molecule is Cc1nn(-c2ccccc2)c(Cl)c1C(=O)OCC(=O)c1ccc[nH]1. The van der Waals surface area contributed by atoms with Gasteiger partial charge in [-0.3, -0.25) is 4.79 Å². The molecule has 2 heterocycles. The lowest BCUT2D eigenvalue weighted by atomic mass is 10.2. The van der Waals surface area contributed by atoms with Crippen LogP contribution in [0.15, 0.2) is 48.7 Å². The number of hydrogen-bond acceptors (Lipinski definition) is 4. The number of halogens is 1. The van der Waals surface area contributed by atoms with Crippen molar-refractivity contribution in [2.45, 2.75) is 6.92 Å². The van der Waals surface area contributed by atoms with Gasteiger partial charge in [-0.2, -0.15) is 5.10 Å². The van der Waals surface area contributed by atoms with Crippen LogP contribution in [0, 0.1) is 6.92 Å². The zero-order valence-corrected chi connectivity index (χ0v) is 13.6. The predicted molar refractivity (Wildman–Crippen MR) is 88.7 cm³/mol. The third kappa shape index (κ3) is 3.09. The average Bonchev–Trinajstić information content (AvgIpc) is 3.22. The van der Waals surface area contributed by atoms with E-state index in [1.54, 1.807) is 25.3 Å². The van der Waals surface area contributed by atoms with Gasteiger partial charge in [0.1, 0.15) is 10.7 Å². The molecular formula is C17H14ClN3O3. The number of ketones is 1. The fourth-order valence-electron chi connectivity index (χ4n) is 2.26. The number of aromatic amines is 1. The molecule has 7 heteroatoms. The highest BCUT2D eigenvalue weighted by atomic mass is 35.5. The predicted octanol–water partition coefficient (Wildman–Crippen LogP) is 3.20. The average molecular weight is 344 g/mol. The first-order valence-corrected chi connectivity index (χ1v) is 7.60. The number of esters is 1. The van der Waals surface area contributed by atoms with Crippen molar-refractivity contribution in [2.24, 2.45) is 0 Å². The van der Waals surface area contributed by atoms with E-state index < -0.39 is 5.97 Å². The Morgan fingerprint density at radius 3 is 2.62 bits per heavy atom. The Balaban J connectivity index is 1.78. The van der Waals surface area contributed by atoms with Gasteiger partial charge in [-0.1, -0.05) is 29.8 Å². The van der Waals surface area contributed by atoms with Crippen molar-refractivity contribution in [1.29, 1.82) is 0 Å². The summed E-state index contributed by atoms with van der Waals surface area (Å²) >= 11 is 6.28. The van der Waals surface area contributed by atoms with Crippen LogP contribution in [-0.2, 0) is 4.74 Å². The minimum absolute atomic E-state index is 0.149. The Bertz CT molecular complexity index is 870. The summed E-state index contributed by atoms with van der Waals surface area (Å²) < 4.78 is 6.54. The van der Waals surface area contributed by atoms with Crippen molar-refractivity contribution in [3.05, 3.63) is 70.8 Å². The number of Topliss-reactive ketones (excluding diaryl/α,β-unsaturated/α-hetero) is 1. The summed E-state index contributed by atoms with van der Waals surface area (Å²) in [5.41, 5.74) is 1.69. The number of rotatable bonds is 5. The van der Waals surface area contributed by atoms with Crippen LogP contribution in [0.4, 0.5) is 0 Å².